The zero-order valence-electron chi connectivity index (χ0n) is 9.96. The summed E-state index contributed by atoms with van der Waals surface area (Å²) >= 11 is 0. The monoisotopic (exact) mass is 275 g/mol. The van der Waals surface area contributed by atoms with E-state index in [1.165, 1.54) is 0 Å². The van der Waals surface area contributed by atoms with Crippen LogP contribution in [0.5, 0.6) is 0 Å². The van der Waals surface area contributed by atoms with Crippen molar-refractivity contribution >= 4 is 0 Å². The third-order valence-corrected chi connectivity index (χ3v) is 2.90. The van der Waals surface area contributed by atoms with Gasteiger partial charge in [0.2, 0.25) is 0 Å². The van der Waals surface area contributed by atoms with E-state index in [0.29, 0.717) is 19.8 Å². The molecule has 1 fully saturated rings. The second-order valence-electron chi connectivity index (χ2n) is 4.36. The Labute approximate surface area is 101 Å². The second kappa shape index (κ2) is 5.40. The number of nitrogens with zero attached hydrogens (tertiary/aromatic N) is 1. The molecule has 7 heteroatoms. The van der Waals surface area contributed by atoms with E-state index in [1.807, 2.05) is 0 Å². The molecule has 0 atom stereocenters. The van der Waals surface area contributed by atoms with E-state index in [1.54, 1.807) is 0 Å². The number of rotatable bonds is 2. The molecular weight excluding hydrogens is 260 g/mol. The highest BCUT2D eigenvalue weighted by molar-refractivity contribution is 5.18. The van der Waals surface area contributed by atoms with Crippen molar-refractivity contribution in [1.82, 2.24) is 4.90 Å². The number of likely N-dealkylation sites (tertiary alicyclic amines) is 1. The average molecular weight is 275 g/mol. The molecule has 18 heavy (non-hydrogen) atoms. The SMILES string of the molecule is C/C(F)=C(\N1CCCCCC1)C(F)(F)C(F)(F)F. The molecular formula is C11H15F6N. The van der Waals surface area contributed by atoms with Crippen LogP contribution in [0.25, 0.3) is 0 Å². The Bertz CT molecular complexity index is 308. The fourth-order valence-corrected chi connectivity index (χ4v) is 2.06. The van der Waals surface area contributed by atoms with Gasteiger partial charge in [-0.2, -0.15) is 22.0 Å². The van der Waals surface area contributed by atoms with Crippen LogP contribution in [-0.4, -0.2) is 30.1 Å². The lowest BCUT2D eigenvalue weighted by atomic mass is 10.1. The molecule has 0 bridgehead atoms. The van der Waals surface area contributed by atoms with E-state index in [0.717, 1.165) is 17.7 Å². The fraction of sp³-hybridized carbons (Fsp3) is 0.818. The molecule has 1 saturated heterocycles. The molecule has 0 aromatic heterocycles. The Kier molecular flexibility index (Phi) is 4.55. The van der Waals surface area contributed by atoms with Gasteiger partial charge in [-0.15, -0.1) is 0 Å². The van der Waals surface area contributed by atoms with Gasteiger partial charge in [0.15, 0.2) is 0 Å². The van der Waals surface area contributed by atoms with Crippen LogP contribution in [0.2, 0.25) is 0 Å². The summed E-state index contributed by atoms with van der Waals surface area (Å²) in [7, 11) is 0. The first-order valence-electron chi connectivity index (χ1n) is 5.74. The van der Waals surface area contributed by atoms with E-state index < -0.39 is 23.6 Å². The summed E-state index contributed by atoms with van der Waals surface area (Å²) < 4.78 is 76.7. The molecule has 0 aromatic rings. The Balaban J connectivity index is 3.07. The fourth-order valence-electron chi connectivity index (χ4n) is 2.06. The molecule has 0 amide bonds. The molecule has 0 aliphatic carbocycles. The molecule has 0 radical (unpaired) electrons. The van der Waals surface area contributed by atoms with Crippen LogP contribution in [-0.2, 0) is 0 Å². The van der Waals surface area contributed by atoms with Crippen LogP contribution in [0.15, 0.2) is 11.5 Å². The Morgan fingerprint density at radius 2 is 1.33 bits per heavy atom. The van der Waals surface area contributed by atoms with E-state index in [9.17, 15) is 26.3 Å². The largest absolute Gasteiger partial charge is 0.459 e. The Hall–Kier alpha value is -0.880. The highest BCUT2D eigenvalue weighted by Gasteiger charge is 2.62. The zero-order chi connectivity index (χ0) is 14.0. The highest BCUT2D eigenvalue weighted by atomic mass is 19.4. The second-order valence-corrected chi connectivity index (χ2v) is 4.36. The molecule has 0 unspecified atom stereocenters. The molecule has 1 aliphatic rings. The van der Waals surface area contributed by atoms with Crippen LogP contribution in [0.4, 0.5) is 26.3 Å². The van der Waals surface area contributed by atoms with Crippen LogP contribution < -0.4 is 0 Å². The summed E-state index contributed by atoms with van der Waals surface area (Å²) in [5.74, 6) is -6.62. The van der Waals surface area contributed by atoms with Crippen molar-refractivity contribution in [2.45, 2.75) is 44.7 Å². The normalized spacial score (nSPS) is 20.5. The smallest absolute Gasteiger partial charge is 0.368 e. The standard InChI is InChI=1S/C11H15F6N/c1-8(12)9(10(13,14)11(15,16)17)18-6-4-2-3-5-7-18/h2-7H2,1H3/b9-8+. The van der Waals surface area contributed by atoms with Crippen molar-refractivity contribution in [2.75, 3.05) is 13.1 Å². The number of alkyl halides is 5. The molecule has 1 rings (SSSR count). The minimum Gasteiger partial charge on any atom is -0.368 e. The molecule has 1 aliphatic heterocycles. The van der Waals surface area contributed by atoms with E-state index >= 15 is 0 Å². The van der Waals surface area contributed by atoms with Gasteiger partial charge in [-0.3, -0.25) is 0 Å². The first kappa shape index (κ1) is 15.2. The van der Waals surface area contributed by atoms with Crippen molar-refractivity contribution in [2.24, 2.45) is 0 Å². The van der Waals surface area contributed by atoms with Gasteiger partial charge in [0, 0.05) is 13.1 Å². The number of hydrogen-bond donors (Lipinski definition) is 0. The minimum atomic E-state index is -5.78. The summed E-state index contributed by atoms with van der Waals surface area (Å²) in [5.41, 5.74) is -1.53. The maximum absolute atomic E-state index is 13.3. The molecule has 0 spiro atoms. The van der Waals surface area contributed by atoms with E-state index in [-0.39, 0.29) is 13.1 Å². The summed E-state index contributed by atoms with van der Waals surface area (Å²) in [4.78, 5) is 0.829. The maximum atomic E-state index is 13.3. The molecule has 1 heterocycles. The van der Waals surface area contributed by atoms with E-state index in [4.69, 9.17) is 0 Å². The number of allylic oxidation sites excluding steroid dienone is 2. The number of halogens is 6. The Morgan fingerprint density at radius 3 is 1.67 bits per heavy atom. The van der Waals surface area contributed by atoms with Crippen molar-refractivity contribution in [3.8, 4) is 0 Å². The van der Waals surface area contributed by atoms with Gasteiger partial charge in [-0.1, -0.05) is 12.8 Å². The lowest BCUT2D eigenvalue weighted by Crippen LogP contribution is -2.45. The third-order valence-electron chi connectivity index (χ3n) is 2.90. The van der Waals surface area contributed by atoms with Crippen LogP contribution in [0.1, 0.15) is 32.6 Å². The molecule has 106 valence electrons. The van der Waals surface area contributed by atoms with Gasteiger partial charge in [0.1, 0.15) is 11.5 Å². The van der Waals surface area contributed by atoms with Gasteiger partial charge >= 0.3 is 12.1 Å². The zero-order valence-corrected chi connectivity index (χ0v) is 9.96. The first-order valence-corrected chi connectivity index (χ1v) is 5.74. The molecule has 0 N–H and O–H groups in total. The van der Waals surface area contributed by atoms with Crippen molar-refractivity contribution in [3.63, 3.8) is 0 Å². The predicted molar refractivity (Wildman–Crippen MR) is 54.9 cm³/mol. The topological polar surface area (TPSA) is 3.24 Å². The molecule has 0 aromatic carbocycles. The van der Waals surface area contributed by atoms with Crippen LogP contribution in [0.3, 0.4) is 0 Å². The van der Waals surface area contributed by atoms with Gasteiger partial charge in [-0.05, 0) is 19.8 Å². The van der Waals surface area contributed by atoms with Crippen molar-refractivity contribution in [3.05, 3.63) is 11.5 Å². The van der Waals surface area contributed by atoms with Gasteiger partial charge in [0.05, 0.1) is 0 Å². The summed E-state index contributed by atoms with van der Waals surface area (Å²) in [6.45, 7) is 0.699. The van der Waals surface area contributed by atoms with Gasteiger partial charge < -0.3 is 4.90 Å². The van der Waals surface area contributed by atoms with E-state index in [2.05, 4.69) is 0 Å². The average Bonchev–Trinajstić information content (AvgIpc) is 2.43. The molecule has 0 saturated carbocycles. The van der Waals surface area contributed by atoms with Crippen LogP contribution in [0, 0.1) is 0 Å². The van der Waals surface area contributed by atoms with Gasteiger partial charge in [0.25, 0.3) is 0 Å². The lowest BCUT2D eigenvalue weighted by molar-refractivity contribution is -0.271. The van der Waals surface area contributed by atoms with Crippen molar-refractivity contribution in [1.29, 1.82) is 0 Å². The predicted octanol–water partition coefficient (Wildman–Crippen LogP) is 4.26. The molecule has 1 nitrogen and oxygen atoms in total. The van der Waals surface area contributed by atoms with Crippen molar-refractivity contribution < 1.29 is 26.3 Å². The highest BCUT2D eigenvalue weighted by Crippen LogP contribution is 2.44. The summed E-state index contributed by atoms with van der Waals surface area (Å²) in [6, 6.07) is 0. The summed E-state index contributed by atoms with van der Waals surface area (Å²) in [5, 5.41) is 0. The summed E-state index contributed by atoms with van der Waals surface area (Å²) in [6.07, 6.45) is -3.28. The Morgan fingerprint density at radius 1 is 0.889 bits per heavy atom. The van der Waals surface area contributed by atoms with Gasteiger partial charge in [-0.25, -0.2) is 4.39 Å². The number of hydrogen-bond acceptors (Lipinski definition) is 1. The lowest BCUT2D eigenvalue weighted by Gasteiger charge is -2.32. The minimum absolute atomic E-state index is 0.0300. The van der Waals surface area contributed by atoms with Crippen LogP contribution >= 0.6 is 0 Å². The quantitative estimate of drug-likeness (QED) is 0.680. The third kappa shape index (κ3) is 3.11. The first-order chi connectivity index (χ1) is 8.18. The maximum Gasteiger partial charge on any atom is 0.459 e.